The first kappa shape index (κ1) is 9.83. The molecule has 1 aromatic rings. The highest BCUT2D eigenvalue weighted by Gasteiger charge is 2.14. The van der Waals surface area contributed by atoms with Crippen LogP contribution in [0.1, 0.15) is 17.2 Å². The van der Waals surface area contributed by atoms with E-state index >= 15 is 0 Å². The second kappa shape index (κ2) is 3.64. The lowest BCUT2D eigenvalue weighted by atomic mass is 10.0. The molecule has 0 bridgehead atoms. The third-order valence-corrected chi connectivity index (χ3v) is 2.03. The van der Waals surface area contributed by atoms with Crippen molar-refractivity contribution < 1.29 is 10.2 Å². The smallest absolute Gasteiger partial charge is 0.143 e. The van der Waals surface area contributed by atoms with Crippen molar-refractivity contribution >= 4 is 5.69 Å². The number of nitrogen functional groups attached to an aromatic ring is 1. The van der Waals surface area contributed by atoms with Crippen LogP contribution in [-0.4, -0.2) is 16.8 Å². The second-order valence-electron chi connectivity index (χ2n) is 3.02. The lowest BCUT2D eigenvalue weighted by molar-refractivity contribution is 0.265. The van der Waals surface area contributed by atoms with Gasteiger partial charge in [0.05, 0.1) is 18.3 Å². The molecule has 0 unspecified atom stereocenters. The summed E-state index contributed by atoms with van der Waals surface area (Å²) in [6.07, 6.45) is 0. The number of nitrogens with two attached hydrogens (primary N) is 2. The number of hydrogen-bond acceptors (Lipinski definition) is 4. The lowest BCUT2D eigenvalue weighted by Gasteiger charge is -2.15. The molecule has 0 spiro atoms. The van der Waals surface area contributed by atoms with Crippen molar-refractivity contribution in [2.75, 3.05) is 12.3 Å². The Morgan fingerprint density at radius 3 is 2.62 bits per heavy atom. The number of rotatable bonds is 2. The normalized spacial score (nSPS) is 12.8. The standard InChI is InChI=1S/C9H14N2O2/c1-5-2-3-6(10)9(13)8(5)7(11)4-12/h2-3,7,12-13H,4,10-11H2,1H3/t7-/m1/s1. The van der Waals surface area contributed by atoms with E-state index in [-0.39, 0.29) is 18.0 Å². The maximum absolute atomic E-state index is 9.56. The van der Waals surface area contributed by atoms with Gasteiger partial charge in [0.25, 0.3) is 0 Å². The van der Waals surface area contributed by atoms with Gasteiger partial charge in [-0.25, -0.2) is 0 Å². The molecule has 0 aliphatic rings. The SMILES string of the molecule is Cc1ccc(N)c(O)c1[C@H](N)CO. The Morgan fingerprint density at radius 1 is 1.46 bits per heavy atom. The van der Waals surface area contributed by atoms with Crippen LogP contribution in [0.25, 0.3) is 0 Å². The van der Waals surface area contributed by atoms with Gasteiger partial charge in [-0.1, -0.05) is 6.07 Å². The average molecular weight is 182 g/mol. The summed E-state index contributed by atoms with van der Waals surface area (Å²) in [5.41, 5.74) is 12.7. The monoisotopic (exact) mass is 182 g/mol. The summed E-state index contributed by atoms with van der Waals surface area (Å²) in [6.45, 7) is 1.60. The van der Waals surface area contributed by atoms with Crippen LogP contribution in [0.4, 0.5) is 5.69 Å². The van der Waals surface area contributed by atoms with E-state index in [0.29, 0.717) is 5.56 Å². The highest BCUT2D eigenvalue weighted by Crippen LogP contribution is 2.31. The van der Waals surface area contributed by atoms with Gasteiger partial charge in [0.2, 0.25) is 0 Å². The molecule has 0 amide bonds. The molecule has 1 atom stereocenters. The predicted octanol–water partition coefficient (Wildman–Crippen LogP) is 0.275. The predicted molar refractivity (Wildman–Crippen MR) is 51.3 cm³/mol. The van der Waals surface area contributed by atoms with E-state index in [0.717, 1.165) is 5.56 Å². The van der Waals surface area contributed by atoms with Gasteiger partial charge in [0.15, 0.2) is 0 Å². The van der Waals surface area contributed by atoms with E-state index in [2.05, 4.69) is 0 Å². The number of hydrogen-bond donors (Lipinski definition) is 4. The molecule has 1 rings (SSSR count). The minimum absolute atomic E-state index is 0.0263. The number of phenolic OH excluding ortho intramolecular Hbond substituents is 1. The summed E-state index contributed by atoms with van der Waals surface area (Å²) in [6, 6.07) is 2.79. The maximum atomic E-state index is 9.56. The molecule has 4 nitrogen and oxygen atoms in total. The number of aromatic hydroxyl groups is 1. The minimum atomic E-state index is -0.580. The molecule has 0 heterocycles. The fourth-order valence-corrected chi connectivity index (χ4v) is 1.29. The van der Waals surface area contributed by atoms with Gasteiger partial charge >= 0.3 is 0 Å². The maximum Gasteiger partial charge on any atom is 0.143 e. The van der Waals surface area contributed by atoms with Crippen LogP contribution in [0, 0.1) is 6.92 Å². The zero-order valence-electron chi connectivity index (χ0n) is 7.49. The second-order valence-corrected chi connectivity index (χ2v) is 3.02. The van der Waals surface area contributed by atoms with Crippen molar-refractivity contribution in [3.63, 3.8) is 0 Å². The topological polar surface area (TPSA) is 92.5 Å². The molecule has 1 aromatic carbocycles. The van der Waals surface area contributed by atoms with Crippen LogP contribution in [0.5, 0.6) is 5.75 Å². The molecule has 0 fully saturated rings. The minimum Gasteiger partial charge on any atom is -0.505 e. The van der Waals surface area contributed by atoms with E-state index in [4.69, 9.17) is 16.6 Å². The molecule has 72 valence electrons. The molecule has 13 heavy (non-hydrogen) atoms. The largest absolute Gasteiger partial charge is 0.505 e. The van der Waals surface area contributed by atoms with Crippen LogP contribution < -0.4 is 11.5 Å². The Balaban J connectivity index is 3.25. The molecule has 0 radical (unpaired) electrons. The quantitative estimate of drug-likeness (QED) is 0.390. The third-order valence-electron chi connectivity index (χ3n) is 2.03. The fraction of sp³-hybridized carbons (Fsp3) is 0.333. The molecule has 4 heteroatoms. The molecule has 0 saturated heterocycles. The zero-order valence-corrected chi connectivity index (χ0v) is 7.49. The Morgan fingerprint density at radius 2 is 2.08 bits per heavy atom. The molecular weight excluding hydrogens is 168 g/mol. The number of phenols is 1. The molecule has 0 aromatic heterocycles. The van der Waals surface area contributed by atoms with Gasteiger partial charge < -0.3 is 21.7 Å². The summed E-state index contributed by atoms with van der Waals surface area (Å²) in [7, 11) is 0. The van der Waals surface area contributed by atoms with Crippen LogP contribution in [-0.2, 0) is 0 Å². The Hall–Kier alpha value is -1.26. The number of anilines is 1. The van der Waals surface area contributed by atoms with E-state index in [1.165, 1.54) is 0 Å². The molecule has 0 aliphatic carbocycles. The highest BCUT2D eigenvalue weighted by molar-refractivity contribution is 5.59. The molecule has 0 saturated carbocycles. The molecule has 0 aliphatic heterocycles. The van der Waals surface area contributed by atoms with Crippen molar-refractivity contribution in [2.45, 2.75) is 13.0 Å². The van der Waals surface area contributed by atoms with Crippen molar-refractivity contribution in [2.24, 2.45) is 5.73 Å². The first-order valence-electron chi connectivity index (χ1n) is 4.02. The third kappa shape index (κ3) is 1.74. The Labute approximate surface area is 76.8 Å². The van der Waals surface area contributed by atoms with Gasteiger partial charge in [0, 0.05) is 5.56 Å². The number of aryl methyl sites for hydroxylation is 1. The summed E-state index contributed by atoms with van der Waals surface area (Å²) < 4.78 is 0. The summed E-state index contributed by atoms with van der Waals surface area (Å²) in [4.78, 5) is 0. The van der Waals surface area contributed by atoms with Gasteiger partial charge in [-0.05, 0) is 18.6 Å². The summed E-state index contributed by atoms with van der Waals surface area (Å²) in [5, 5.41) is 18.4. The highest BCUT2D eigenvalue weighted by atomic mass is 16.3. The van der Waals surface area contributed by atoms with Crippen LogP contribution in [0.3, 0.4) is 0 Å². The number of benzene rings is 1. The van der Waals surface area contributed by atoms with Crippen molar-refractivity contribution in [3.05, 3.63) is 23.3 Å². The Bertz CT molecular complexity index is 313. The lowest BCUT2D eigenvalue weighted by Crippen LogP contribution is -2.16. The van der Waals surface area contributed by atoms with Gasteiger partial charge in [-0.2, -0.15) is 0 Å². The number of aliphatic hydroxyl groups excluding tert-OH is 1. The number of aliphatic hydroxyl groups is 1. The zero-order chi connectivity index (χ0) is 10.0. The average Bonchev–Trinajstić information content (AvgIpc) is 2.12. The van der Waals surface area contributed by atoms with Crippen molar-refractivity contribution in [1.82, 2.24) is 0 Å². The van der Waals surface area contributed by atoms with Gasteiger partial charge in [0.1, 0.15) is 5.75 Å². The van der Waals surface area contributed by atoms with Gasteiger partial charge in [-0.3, -0.25) is 0 Å². The Kier molecular flexibility index (Phi) is 2.75. The first-order valence-corrected chi connectivity index (χ1v) is 4.02. The van der Waals surface area contributed by atoms with Gasteiger partial charge in [-0.15, -0.1) is 0 Å². The van der Waals surface area contributed by atoms with Crippen LogP contribution >= 0.6 is 0 Å². The van der Waals surface area contributed by atoms with Crippen molar-refractivity contribution in [3.8, 4) is 5.75 Å². The fourth-order valence-electron chi connectivity index (χ4n) is 1.29. The van der Waals surface area contributed by atoms with E-state index in [1.54, 1.807) is 12.1 Å². The summed E-state index contributed by atoms with van der Waals surface area (Å²) in [5.74, 6) is -0.0263. The summed E-state index contributed by atoms with van der Waals surface area (Å²) >= 11 is 0. The first-order chi connectivity index (χ1) is 6.07. The van der Waals surface area contributed by atoms with E-state index < -0.39 is 6.04 Å². The molecular formula is C9H14N2O2. The molecule has 6 N–H and O–H groups in total. The van der Waals surface area contributed by atoms with Crippen LogP contribution in [0.15, 0.2) is 12.1 Å². The van der Waals surface area contributed by atoms with E-state index in [1.807, 2.05) is 6.92 Å². The van der Waals surface area contributed by atoms with E-state index in [9.17, 15) is 5.11 Å². The van der Waals surface area contributed by atoms with Crippen molar-refractivity contribution in [1.29, 1.82) is 0 Å². The van der Waals surface area contributed by atoms with Crippen LogP contribution in [0.2, 0.25) is 0 Å².